The average molecular weight is 373 g/mol. The van der Waals surface area contributed by atoms with Gasteiger partial charge in [0.05, 0.1) is 0 Å². The molecule has 28 heavy (non-hydrogen) atoms. The van der Waals surface area contributed by atoms with Crippen molar-refractivity contribution in [3.8, 4) is 11.1 Å². The summed E-state index contributed by atoms with van der Waals surface area (Å²) in [6, 6.07) is 18.7. The SMILES string of the molecule is O=C(CCc1cccc(-c2cnc3[nH]ccc3c2)c1)NCc1ccccc1F. The van der Waals surface area contributed by atoms with E-state index in [1.54, 1.807) is 18.2 Å². The number of nitrogens with one attached hydrogen (secondary N) is 2. The Kier molecular flexibility index (Phi) is 5.15. The van der Waals surface area contributed by atoms with Crippen LogP contribution in [0.4, 0.5) is 4.39 Å². The van der Waals surface area contributed by atoms with E-state index >= 15 is 0 Å². The fraction of sp³-hybridized carbons (Fsp3) is 0.130. The van der Waals surface area contributed by atoms with Crippen molar-refractivity contribution >= 4 is 16.9 Å². The molecule has 0 aliphatic heterocycles. The lowest BCUT2D eigenvalue weighted by molar-refractivity contribution is -0.121. The second kappa shape index (κ2) is 8.05. The minimum absolute atomic E-state index is 0.0935. The molecule has 5 heteroatoms. The summed E-state index contributed by atoms with van der Waals surface area (Å²) >= 11 is 0. The highest BCUT2D eigenvalue weighted by Gasteiger charge is 2.07. The number of carbonyl (C=O) groups excluding carboxylic acids is 1. The van der Waals surface area contributed by atoms with E-state index in [-0.39, 0.29) is 18.3 Å². The molecule has 140 valence electrons. The molecule has 2 aromatic heterocycles. The van der Waals surface area contributed by atoms with Crippen LogP contribution in [0.15, 0.2) is 73.1 Å². The van der Waals surface area contributed by atoms with Crippen molar-refractivity contribution in [1.29, 1.82) is 0 Å². The van der Waals surface area contributed by atoms with Gasteiger partial charge < -0.3 is 10.3 Å². The van der Waals surface area contributed by atoms with Crippen molar-refractivity contribution in [3.05, 3.63) is 90.0 Å². The Morgan fingerprint density at radius 1 is 1.04 bits per heavy atom. The van der Waals surface area contributed by atoms with Crippen molar-refractivity contribution < 1.29 is 9.18 Å². The number of aromatic nitrogens is 2. The predicted molar refractivity (Wildman–Crippen MR) is 108 cm³/mol. The van der Waals surface area contributed by atoms with Crippen LogP contribution in [0.5, 0.6) is 0 Å². The molecule has 0 radical (unpaired) electrons. The first-order valence-electron chi connectivity index (χ1n) is 9.21. The van der Waals surface area contributed by atoms with Crippen LogP contribution in [0.3, 0.4) is 0 Å². The fourth-order valence-electron chi connectivity index (χ4n) is 3.19. The summed E-state index contributed by atoms with van der Waals surface area (Å²) in [6.07, 6.45) is 4.70. The van der Waals surface area contributed by atoms with Crippen LogP contribution in [-0.2, 0) is 17.8 Å². The van der Waals surface area contributed by atoms with Crippen molar-refractivity contribution in [2.24, 2.45) is 0 Å². The predicted octanol–water partition coefficient (Wildman–Crippen LogP) is 4.62. The molecule has 0 unspecified atom stereocenters. The molecule has 2 aromatic carbocycles. The number of pyridine rings is 1. The maximum atomic E-state index is 13.6. The molecule has 1 amide bonds. The molecule has 0 aliphatic carbocycles. The van der Waals surface area contributed by atoms with E-state index in [0.29, 0.717) is 18.4 Å². The van der Waals surface area contributed by atoms with E-state index in [4.69, 9.17) is 0 Å². The van der Waals surface area contributed by atoms with E-state index in [1.807, 2.05) is 36.7 Å². The number of amides is 1. The number of fused-ring (bicyclic) bond motifs is 1. The van der Waals surface area contributed by atoms with Gasteiger partial charge in [0.15, 0.2) is 0 Å². The van der Waals surface area contributed by atoms with Gasteiger partial charge in [-0.05, 0) is 35.7 Å². The molecule has 0 saturated heterocycles. The first-order chi connectivity index (χ1) is 13.7. The highest BCUT2D eigenvalue weighted by Crippen LogP contribution is 2.23. The molecule has 0 aliphatic rings. The Labute approximate surface area is 162 Å². The highest BCUT2D eigenvalue weighted by molar-refractivity contribution is 5.81. The van der Waals surface area contributed by atoms with Crippen LogP contribution in [0.2, 0.25) is 0 Å². The Balaban J connectivity index is 1.38. The molecule has 2 N–H and O–H groups in total. The summed E-state index contributed by atoms with van der Waals surface area (Å²) in [4.78, 5) is 19.6. The molecule has 0 bridgehead atoms. The van der Waals surface area contributed by atoms with Gasteiger partial charge in [-0.2, -0.15) is 0 Å². The minimum atomic E-state index is -0.302. The second-order valence-corrected chi connectivity index (χ2v) is 6.71. The van der Waals surface area contributed by atoms with Crippen LogP contribution in [0.1, 0.15) is 17.5 Å². The van der Waals surface area contributed by atoms with E-state index in [2.05, 4.69) is 27.4 Å². The Hall–Kier alpha value is -3.47. The second-order valence-electron chi connectivity index (χ2n) is 6.71. The van der Waals surface area contributed by atoms with Crippen LogP contribution >= 0.6 is 0 Å². The maximum absolute atomic E-state index is 13.6. The van der Waals surface area contributed by atoms with Crippen molar-refractivity contribution in [3.63, 3.8) is 0 Å². The number of benzene rings is 2. The Morgan fingerprint density at radius 2 is 1.93 bits per heavy atom. The first-order valence-corrected chi connectivity index (χ1v) is 9.21. The lowest BCUT2D eigenvalue weighted by Gasteiger charge is -2.08. The largest absolute Gasteiger partial charge is 0.352 e. The normalized spacial score (nSPS) is 10.9. The number of H-pyrrole nitrogens is 1. The molecule has 2 heterocycles. The van der Waals surface area contributed by atoms with Gasteiger partial charge in [-0.25, -0.2) is 9.37 Å². The zero-order chi connectivity index (χ0) is 19.3. The van der Waals surface area contributed by atoms with E-state index in [0.717, 1.165) is 27.7 Å². The summed E-state index contributed by atoms with van der Waals surface area (Å²) in [7, 11) is 0. The third-order valence-electron chi connectivity index (χ3n) is 4.74. The highest BCUT2D eigenvalue weighted by atomic mass is 19.1. The molecule has 0 fully saturated rings. The Morgan fingerprint density at radius 3 is 2.82 bits per heavy atom. The van der Waals surface area contributed by atoms with Gasteiger partial charge in [0, 0.05) is 41.9 Å². The average Bonchev–Trinajstić information content (AvgIpc) is 3.20. The monoisotopic (exact) mass is 373 g/mol. The molecule has 4 aromatic rings. The lowest BCUT2D eigenvalue weighted by Crippen LogP contribution is -2.23. The third-order valence-corrected chi connectivity index (χ3v) is 4.74. The molecule has 4 nitrogen and oxygen atoms in total. The van der Waals surface area contributed by atoms with E-state index in [9.17, 15) is 9.18 Å². The van der Waals surface area contributed by atoms with E-state index < -0.39 is 0 Å². The first kappa shape index (κ1) is 17.9. The summed E-state index contributed by atoms with van der Waals surface area (Å²) < 4.78 is 13.6. The van der Waals surface area contributed by atoms with Crippen LogP contribution in [0, 0.1) is 5.82 Å². The Bertz CT molecular complexity index is 1120. The van der Waals surface area contributed by atoms with Gasteiger partial charge in [0.1, 0.15) is 11.5 Å². The molecular weight excluding hydrogens is 353 g/mol. The fourth-order valence-corrected chi connectivity index (χ4v) is 3.19. The molecule has 0 spiro atoms. The van der Waals surface area contributed by atoms with Crippen LogP contribution in [-0.4, -0.2) is 15.9 Å². The van der Waals surface area contributed by atoms with Crippen molar-refractivity contribution in [2.45, 2.75) is 19.4 Å². The van der Waals surface area contributed by atoms with Gasteiger partial charge >= 0.3 is 0 Å². The van der Waals surface area contributed by atoms with Gasteiger partial charge in [0.25, 0.3) is 0 Å². The van der Waals surface area contributed by atoms with Gasteiger partial charge in [-0.1, -0.05) is 42.5 Å². The maximum Gasteiger partial charge on any atom is 0.220 e. The topological polar surface area (TPSA) is 57.8 Å². The summed E-state index contributed by atoms with van der Waals surface area (Å²) in [6.45, 7) is 0.202. The van der Waals surface area contributed by atoms with Gasteiger partial charge in [-0.3, -0.25) is 4.79 Å². The zero-order valence-corrected chi connectivity index (χ0v) is 15.3. The minimum Gasteiger partial charge on any atom is -0.352 e. The molecular formula is C23H20FN3O. The number of halogens is 1. The van der Waals surface area contributed by atoms with Gasteiger partial charge in [0.2, 0.25) is 5.91 Å². The summed E-state index contributed by atoms with van der Waals surface area (Å²) in [5.74, 6) is -0.396. The number of hydrogen-bond donors (Lipinski definition) is 2. The number of hydrogen-bond acceptors (Lipinski definition) is 2. The molecule has 4 rings (SSSR count). The van der Waals surface area contributed by atoms with Crippen molar-refractivity contribution in [1.82, 2.24) is 15.3 Å². The lowest BCUT2D eigenvalue weighted by atomic mass is 10.0. The molecule has 0 saturated carbocycles. The van der Waals surface area contributed by atoms with Gasteiger partial charge in [-0.15, -0.1) is 0 Å². The third kappa shape index (κ3) is 4.09. The summed E-state index contributed by atoms with van der Waals surface area (Å²) in [5.41, 5.74) is 4.54. The van der Waals surface area contributed by atoms with E-state index in [1.165, 1.54) is 6.07 Å². The molecule has 0 atom stereocenters. The number of aryl methyl sites for hydroxylation is 1. The zero-order valence-electron chi connectivity index (χ0n) is 15.3. The number of carbonyl (C=O) groups is 1. The standard InChI is InChI=1S/C23H20FN3O/c24-21-7-2-1-5-19(21)14-26-22(28)9-8-16-4-3-6-17(12-16)20-13-18-10-11-25-23(18)27-15-20/h1-7,10-13,15H,8-9,14H2,(H,25,27)(H,26,28). The van der Waals surface area contributed by atoms with Crippen molar-refractivity contribution in [2.75, 3.05) is 0 Å². The summed E-state index contributed by atoms with van der Waals surface area (Å²) in [5, 5.41) is 3.85. The number of rotatable bonds is 6. The smallest absolute Gasteiger partial charge is 0.220 e. The number of nitrogens with zero attached hydrogens (tertiary/aromatic N) is 1. The quantitative estimate of drug-likeness (QED) is 0.518. The number of aromatic amines is 1. The van der Waals surface area contributed by atoms with Crippen LogP contribution < -0.4 is 5.32 Å². The van der Waals surface area contributed by atoms with Crippen LogP contribution in [0.25, 0.3) is 22.2 Å².